The van der Waals surface area contributed by atoms with Gasteiger partial charge < -0.3 is 0 Å². The van der Waals surface area contributed by atoms with Crippen LogP contribution >= 0.6 is 11.3 Å². The standard InChI is InChI=1S/C52H31N3S/c1-3-14-32(15-4-1)49-53-50-35-17-11-16-33(30-35)37-22-12-26-44(47(37)34-28-29-45-41(31-34)48-40(51(54-49)55-50)23-13-27-46(48)56-45)52(36-18-5-2-6-19-36)42-24-9-7-20-38(42)39-21-8-10-25-43(39)52/h1-31H. The highest BCUT2D eigenvalue weighted by atomic mass is 32.1. The Morgan fingerprint density at radius 2 is 1.02 bits per heavy atom. The average molecular weight is 730 g/mol. The fourth-order valence-electron chi connectivity index (χ4n) is 9.43. The Hall–Kier alpha value is -7.01. The monoisotopic (exact) mass is 729 g/mol. The zero-order valence-corrected chi connectivity index (χ0v) is 31.0. The molecule has 11 aromatic rings. The zero-order valence-electron chi connectivity index (χ0n) is 30.1. The number of aromatic nitrogens is 3. The molecule has 56 heavy (non-hydrogen) atoms. The number of hydrogen-bond donors (Lipinski definition) is 0. The lowest BCUT2D eigenvalue weighted by atomic mass is 9.66. The van der Waals surface area contributed by atoms with E-state index in [-0.39, 0.29) is 0 Å². The Morgan fingerprint density at radius 1 is 0.375 bits per heavy atom. The van der Waals surface area contributed by atoms with Gasteiger partial charge in [-0.15, -0.1) is 11.3 Å². The third kappa shape index (κ3) is 4.42. The Kier molecular flexibility index (Phi) is 6.72. The molecule has 6 bridgehead atoms. The van der Waals surface area contributed by atoms with E-state index in [0.717, 1.165) is 27.1 Å². The third-order valence-corrected chi connectivity index (χ3v) is 12.9. The molecule has 0 unspecified atom stereocenters. The average Bonchev–Trinajstić information content (AvgIpc) is 3.80. The van der Waals surface area contributed by atoms with E-state index >= 15 is 0 Å². The summed E-state index contributed by atoms with van der Waals surface area (Å²) in [6, 6.07) is 68.6. The molecular formula is C52H31N3S. The van der Waals surface area contributed by atoms with Gasteiger partial charge in [-0.1, -0.05) is 164 Å². The van der Waals surface area contributed by atoms with Crippen molar-refractivity contribution in [2.75, 3.05) is 0 Å². The summed E-state index contributed by atoms with van der Waals surface area (Å²) in [5.74, 6) is 0.661. The van der Waals surface area contributed by atoms with Crippen LogP contribution < -0.4 is 0 Å². The van der Waals surface area contributed by atoms with Crippen molar-refractivity contribution in [1.29, 1.82) is 0 Å². The third-order valence-electron chi connectivity index (χ3n) is 11.8. The van der Waals surface area contributed by atoms with Crippen molar-refractivity contribution in [3.8, 4) is 22.5 Å². The normalized spacial score (nSPS) is 13.1. The molecule has 3 nitrogen and oxygen atoms in total. The Bertz CT molecular complexity index is 3380. The lowest BCUT2D eigenvalue weighted by molar-refractivity contribution is 0.777. The van der Waals surface area contributed by atoms with Gasteiger partial charge in [-0.3, -0.25) is 0 Å². The van der Waals surface area contributed by atoms with E-state index in [9.17, 15) is 0 Å². The topological polar surface area (TPSA) is 38.7 Å². The molecule has 0 saturated carbocycles. The Morgan fingerprint density at radius 3 is 1.82 bits per heavy atom. The molecule has 8 aromatic carbocycles. The highest BCUT2D eigenvalue weighted by molar-refractivity contribution is 7.26. The zero-order chi connectivity index (χ0) is 36.8. The van der Waals surface area contributed by atoms with E-state index in [1.807, 2.05) is 29.5 Å². The second-order valence-electron chi connectivity index (χ2n) is 14.7. The summed E-state index contributed by atoms with van der Waals surface area (Å²) in [6.07, 6.45) is 0. The summed E-state index contributed by atoms with van der Waals surface area (Å²) < 4.78 is 2.44. The molecule has 12 rings (SSSR count). The first-order valence-corrected chi connectivity index (χ1v) is 19.8. The summed E-state index contributed by atoms with van der Waals surface area (Å²) in [5, 5.41) is 9.00. The molecule has 4 heteroatoms. The first-order chi connectivity index (χ1) is 27.8. The summed E-state index contributed by atoms with van der Waals surface area (Å²) in [5.41, 5.74) is 9.36. The van der Waals surface area contributed by atoms with Gasteiger partial charge in [0, 0.05) is 36.5 Å². The van der Waals surface area contributed by atoms with Gasteiger partial charge in [0.25, 0.3) is 0 Å². The molecule has 1 aliphatic rings. The van der Waals surface area contributed by atoms with Gasteiger partial charge in [-0.2, -0.15) is 0 Å². The quantitative estimate of drug-likeness (QED) is 0.182. The van der Waals surface area contributed by atoms with Crippen LogP contribution in [0.5, 0.6) is 0 Å². The smallest absolute Gasteiger partial charge is 0.164 e. The van der Waals surface area contributed by atoms with Crippen LogP contribution in [0.4, 0.5) is 0 Å². The van der Waals surface area contributed by atoms with Crippen LogP contribution in [0.3, 0.4) is 0 Å². The minimum Gasteiger partial charge on any atom is -0.208 e. The lowest BCUT2D eigenvalue weighted by Gasteiger charge is -2.35. The van der Waals surface area contributed by atoms with Crippen molar-refractivity contribution >= 4 is 75.1 Å². The van der Waals surface area contributed by atoms with Crippen LogP contribution in [0.2, 0.25) is 0 Å². The maximum Gasteiger partial charge on any atom is 0.164 e. The highest BCUT2D eigenvalue weighted by Crippen LogP contribution is 2.57. The van der Waals surface area contributed by atoms with Gasteiger partial charge in [-0.25, -0.2) is 15.0 Å². The van der Waals surface area contributed by atoms with Crippen LogP contribution in [0.25, 0.3) is 86.3 Å². The Labute approximate surface area is 326 Å². The summed E-state index contributed by atoms with van der Waals surface area (Å²) in [7, 11) is 0. The van der Waals surface area contributed by atoms with Gasteiger partial charge in [-0.05, 0) is 79.2 Å². The van der Waals surface area contributed by atoms with Crippen LogP contribution in [0, 0.1) is 0 Å². The molecule has 0 fully saturated rings. The van der Waals surface area contributed by atoms with E-state index in [1.54, 1.807) is 0 Å². The summed E-state index contributed by atoms with van der Waals surface area (Å²) >= 11 is 1.82. The minimum absolute atomic E-state index is 0.577. The van der Waals surface area contributed by atoms with Crippen LogP contribution in [-0.2, 0) is 5.41 Å². The highest BCUT2D eigenvalue weighted by Gasteiger charge is 2.46. The molecule has 0 amide bonds. The first-order valence-electron chi connectivity index (χ1n) is 19.0. The molecular weight excluding hydrogens is 699 g/mol. The number of hydrogen-bond acceptors (Lipinski definition) is 4. The van der Waals surface area contributed by atoms with Gasteiger partial charge in [0.15, 0.2) is 17.1 Å². The molecule has 3 heterocycles. The van der Waals surface area contributed by atoms with Crippen molar-refractivity contribution in [2.45, 2.75) is 5.41 Å². The lowest BCUT2D eigenvalue weighted by Crippen LogP contribution is -2.28. The van der Waals surface area contributed by atoms with Crippen molar-refractivity contribution in [2.24, 2.45) is 0 Å². The molecule has 0 spiro atoms. The van der Waals surface area contributed by atoms with E-state index in [1.165, 1.54) is 64.3 Å². The number of benzene rings is 8. The maximum atomic E-state index is 5.25. The molecule has 0 N–H and O–H groups in total. The van der Waals surface area contributed by atoms with Crippen LogP contribution in [0.15, 0.2) is 188 Å². The van der Waals surface area contributed by atoms with E-state index in [2.05, 4.69) is 170 Å². The maximum absolute atomic E-state index is 5.25. The van der Waals surface area contributed by atoms with E-state index in [0.29, 0.717) is 17.1 Å². The first kappa shape index (κ1) is 31.4. The second-order valence-corrected chi connectivity index (χ2v) is 15.8. The molecule has 1 aliphatic carbocycles. The van der Waals surface area contributed by atoms with E-state index < -0.39 is 5.41 Å². The minimum atomic E-state index is -0.577. The fraction of sp³-hybridized carbons (Fsp3) is 0.0192. The number of nitrogens with zero attached hydrogens (tertiary/aromatic N) is 3. The molecule has 3 aromatic heterocycles. The van der Waals surface area contributed by atoms with Gasteiger partial charge in [0.1, 0.15) is 0 Å². The number of thiophene rings is 1. The van der Waals surface area contributed by atoms with Crippen molar-refractivity contribution in [3.63, 3.8) is 0 Å². The predicted molar refractivity (Wildman–Crippen MR) is 234 cm³/mol. The van der Waals surface area contributed by atoms with Gasteiger partial charge in [0.05, 0.1) is 5.41 Å². The fourth-order valence-corrected chi connectivity index (χ4v) is 10.5. The molecule has 0 radical (unpaired) electrons. The number of rotatable bonds is 3. The molecule has 0 aliphatic heterocycles. The summed E-state index contributed by atoms with van der Waals surface area (Å²) in [6.45, 7) is 0. The SMILES string of the molecule is c1ccc(-c2nc3nc(n2)c2cccc4sc5ccc(cc5c42)c2c(C4(c5ccccc5)c5ccccc5-c5ccccc54)cccc2c2cccc3c2)cc1. The van der Waals surface area contributed by atoms with E-state index in [4.69, 9.17) is 15.0 Å². The Balaban J connectivity index is 1.34. The van der Waals surface area contributed by atoms with Gasteiger partial charge >= 0.3 is 0 Å². The largest absolute Gasteiger partial charge is 0.208 e. The molecule has 0 atom stereocenters. The van der Waals surface area contributed by atoms with Crippen molar-refractivity contribution < 1.29 is 0 Å². The van der Waals surface area contributed by atoms with Crippen LogP contribution in [0.1, 0.15) is 22.3 Å². The molecule has 0 saturated heterocycles. The van der Waals surface area contributed by atoms with Crippen molar-refractivity contribution in [3.05, 3.63) is 210 Å². The van der Waals surface area contributed by atoms with Crippen molar-refractivity contribution in [1.82, 2.24) is 15.0 Å². The molecule has 260 valence electrons. The van der Waals surface area contributed by atoms with Gasteiger partial charge in [0.2, 0.25) is 0 Å². The van der Waals surface area contributed by atoms with Crippen LogP contribution in [-0.4, -0.2) is 15.0 Å². The summed E-state index contributed by atoms with van der Waals surface area (Å²) in [4.78, 5) is 15.6. The number of fused-ring (bicyclic) bond motifs is 13. The second kappa shape index (κ2) is 12.0. The predicted octanol–water partition coefficient (Wildman–Crippen LogP) is 13.4.